The van der Waals surface area contributed by atoms with Crippen LogP contribution in [0.15, 0.2) is 30.5 Å². The zero-order valence-corrected chi connectivity index (χ0v) is 13.7. The minimum Gasteiger partial charge on any atom is -0.379 e. The van der Waals surface area contributed by atoms with Crippen molar-refractivity contribution in [3.8, 4) is 5.69 Å². The van der Waals surface area contributed by atoms with Gasteiger partial charge in [0.25, 0.3) is 5.91 Å². The van der Waals surface area contributed by atoms with Crippen molar-refractivity contribution in [2.45, 2.75) is 6.92 Å². The monoisotopic (exact) mass is 332 g/mol. The number of rotatable bonds is 5. The van der Waals surface area contributed by atoms with Gasteiger partial charge in [-0.2, -0.15) is 5.10 Å². The lowest BCUT2D eigenvalue weighted by Gasteiger charge is -2.26. The van der Waals surface area contributed by atoms with E-state index in [1.165, 1.54) is 16.9 Å². The summed E-state index contributed by atoms with van der Waals surface area (Å²) in [6, 6.07) is 6.37. The number of nitrogens with zero attached hydrogens (tertiary/aromatic N) is 3. The van der Waals surface area contributed by atoms with Crippen LogP contribution >= 0.6 is 0 Å². The number of halogens is 1. The SMILES string of the molecule is Cc1c(C(=O)NCCN2CCOCC2)cnn1-c1ccccc1F. The highest BCUT2D eigenvalue weighted by molar-refractivity contribution is 5.95. The van der Waals surface area contributed by atoms with Crippen LogP contribution in [0.4, 0.5) is 4.39 Å². The topological polar surface area (TPSA) is 59.4 Å². The second-order valence-electron chi connectivity index (χ2n) is 5.72. The maximum Gasteiger partial charge on any atom is 0.254 e. The number of amides is 1. The predicted molar refractivity (Wildman–Crippen MR) is 87.9 cm³/mol. The molecule has 6 nitrogen and oxygen atoms in total. The van der Waals surface area contributed by atoms with Gasteiger partial charge in [0.15, 0.2) is 0 Å². The number of benzene rings is 1. The molecule has 1 aliphatic heterocycles. The number of para-hydroxylation sites is 1. The third-order valence-electron chi connectivity index (χ3n) is 4.15. The van der Waals surface area contributed by atoms with Crippen molar-refractivity contribution in [1.82, 2.24) is 20.0 Å². The Hall–Kier alpha value is -2.25. The second kappa shape index (κ2) is 7.55. The van der Waals surface area contributed by atoms with Gasteiger partial charge in [-0.3, -0.25) is 9.69 Å². The van der Waals surface area contributed by atoms with Gasteiger partial charge in [0.1, 0.15) is 11.5 Å². The Labute approximate surface area is 140 Å². The highest BCUT2D eigenvalue weighted by atomic mass is 19.1. The van der Waals surface area contributed by atoms with Gasteiger partial charge in [0.05, 0.1) is 30.7 Å². The zero-order chi connectivity index (χ0) is 16.9. The Kier molecular flexibility index (Phi) is 5.22. The number of carbonyl (C=O) groups excluding carboxylic acids is 1. The van der Waals surface area contributed by atoms with Gasteiger partial charge in [0.2, 0.25) is 0 Å². The molecule has 24 heavy (non-hydrogen) atoms. The van der Waals surface area contributed by atoms with Crippen molar-refractivity contribution >= 4 is 5.91 Å². The fraction of sp³-hybridized carbons (Fsp3) is 0.412. The van der Waals surface area contributed by atoms with Gasteiger partial charge in [-0.15, -0.1) is 0 Å². The van der Waals surface area contributed by atoms with E-state index >= 15 is 0 Å². The van der Waals surface area contributed by atoms with E-state index in [9.17, 15) is 9.18 Å². The number of aromatic nitrogens is 2. The van der Waals surface area contributed by atoms with Gasteiger partial charge >= 0.3 is 0 Å². The number of nitrogens with one attached hydrogen (secondary N) is 1. The van der Waals surface area contributed by atoms with Gasteiger partial charge in [-0.25, -0.2) is 9.07 Å². The second-order valence-corrected chi connectivity index (χ2v) is 5.72. The van der Waals surface area contributed by atoms with E-state index in [1.807, 2.05) is 0 Å². The van der Waals surface area contributed by atoms with Crippen molar-refractivity contribution in [2.24, 2.45) is 0 Å². The average Bonchev–Trinajstić information content (AvgIpc) is 2.98. The Morgan fingerprint density at radius 2 is 2.08 bits per heavy atom. The highest BCUT2D eigenvalue weighted by Gasteiger charge is 2.17. The minimum atomic E-state index is -0.372. The van der Waals surface area contributed by atoms with Gasteiger partial charge in [-0.05, 0) is 19.1 Å². The number of morpholine rings is 1. The van der Waals surface area contributed by atoms with E-state index in [-0.39, 0.29) is 11.7 Å². The summed E-state index contributed by atoms with van der Waals surface area (Å²) >= 11 is 0. The number of hydrogen-bond donors (Lipinski definition) is 1. The fourth-order valence-corrected chi connectivity index (χ4v) is 2.75. The lowest BCUT2D eigenvalue weighted by Crippen LogP contribution is -2.41. The van der Waals surface area contributed by atoms with Crippen LogP contribution in [0, 0.1) is 12.7 Å². The van der Waals surface area contributed by atoms with Gasteiger partial charge < -0.3 is 10.1 Å². The first-order valence-electron chi connectivity index (χ1n) is 8.04. The molecular formula is C17H21FN4O2. The maximum absolute atomic E-state index is 13.9. The summed E-state index contributed by atoms with van der Waals surface area (Å²) in [7, 11) is 0. The van der Waals surface area contributed by atoms with Crippen LogP contribution in [-0.4, -0.2) is 60.0 Å². The zero-order valence-electron chi connectivity index (χ0n) is 13.7. The Morgan fingerprint density at radius 3 is 2.83 bits per heavy atom. The fourth-order valence-electron chi connectivity index (χ4n) is 2.75. The van der Waals surface area contributed by atoms with Gasteiger partial charge in [-0.1, -0.05) is 12.1 Å². The molecular weight excluding hydrogens is 311 g/mol. The van der Waals surface area contributed by atoms with Crippen LogP contribution in [-0.2, 0) is 4.74 Å². The first kappa shape index (κ1) is 16.6. The molecule has 1 aliphatic rings. The Bertz CT molecular complexity index is 710. The predicted octanol–water partition coefficient (Wildman–Crippen LogP) is 1.38. The number of carbonyl (C=O) groups is 1. The first-order chi connectivity index (χ1) is 11.7. The molecule has 1 fully saturated rings. The summed E-state index contributed by atoms with van der Waals surface area (Å²) < 4.78 is 20.6. The molecule has 3 rings (SSSR count). The van der Waals surface area contributed by atoms with E-state index < -0.39 is 0 Å². The molecule has 0 radical (unpaired) electrons. The lowest BCUT2D eigenvalue weighted by atomic mass is 10.2. The molecule has 1 saturated heterocycles. The van der Waals surface area contributed by atoms with Crippen molar-refractivity contribution in [2.75, 3.05) is 39.4 Å². The van der Waals surface area contributed by atoms with E-state index in [0.717, 1.165) is 32.8 Å². The maximum atomic E-state index is 13.9. The van der Waals surface area contributed by atoms with E-state index in [2.05, 4.69) is 15.3 Å². The van der Waals surface area contributed by atoms with E-state index in [0.29, 0.717) is 23.5 Å². The van der Waals surface area contributed by atoms with Crippen LogP contribution in [0.2, 0.25) is 0 Å². The van der Waals surface area contributed by atoms with E-state index in [1.54, 1.807) is 25.1 Å². The Balaban J connectivity index is 1.62. The molecule has 7 heteroatoms. The quantitative estimate of drug-likeness (QED) is 0.899. The van der Waals surface area contributed by atoms with Crippen LogP contribution in [0.1, 0.15) is 16.1 Å². The smallest absolute Gasteiger partial charge is 0.254 e. The molecule has 1 aromatic heterocycles. The van der Waals surface area contributed by atoms with Gasteiger partial charge in [0, 0.05) is 26.2 Å². The molecule has 1 amide bonds. The third kappa shape index (κ3) is 3.63. The Morgan fingerprint density at radius 1 is 1.33 bits per heavy atom. The summed E-state index contributed by atoms with van der Waals surface area (Å²) in [4.78, 5) is 14.6. The van der Waals surface area contributed by atoms with Crippen molar-refractivity contribution in [3.05, 3.63) is 47.5 Å². The molecule has 2 heterocycles. The normalized spacial score (nSPS) is 15.4. The molecule has 2 aromatic rings. The van der Waals surface area contributed by atoms with Crippen LogP contribution in [0.25, 0.3) is 5.69 Å². The summed E-state index contributed by atoms with van der Waals surface area (Å²) in [5, 5.41) is 7.05. The number of ether oxygens (including phenoxy) is 1. The lowest BCUT2D eigenvalue weighted by molar-refractivity contribution is 0.0383. The molecule has 1 aromatic carbocycles. The first-order valence-corrected chi connectivity index (χ1v) is 8.04. The molecule has 0 saturated carbocycles. The number of hydrogen-bond acceptors (Lipinski definition) is 4. The van der Waals surface area contributed by atoms with Crippen LogP contribution in [0.3, 0.4) is 0 Å². The van der Waals surface area contributed by atoms with Crippen molar-refractivity contribution < 1.29 is 13.9 Å². The molecule has 0 unspecified atom stereocenters. The standard InChI is InChI=1S/C17H21FN4O2/c1-13-14(12-20-22(13)16-5-3-2-4-15(16)18)17(23)19-6-7-21-8-10-24-11-9-21/h2-5,12H,6-11H2,1H3,(H,19,23). The summed E-state index contributed by atoms with van der Waals surface area (Å²) in [5.74, 6) is -0.564. The van der Waals surface area contributed by atoms with Crippen molar-refractivity contribution in [3.63, 3.8) is 0 Å². The average molecular weight is 332 g/mol. The summed E-state index contributed by atoms with van der Waals surface area (Å²) in [5.41, 5.74) is 1.41. The minimum absolute atomic E-state index is 0.191. The molecule has 0 atom stereocenters. The molecule has 1 N–H and O–H groups in total. The summed E-state index contributed by atoms with van der Waals surface area (Å²) in [6.07, 6.45) is 1.48. The van der Waals surface area contributed by atoms with Crippen LogP contribution < -0.4 is 5.32 Å². The molecule has 0 spiro atoms. The third-order valence-corrected chi connectivity index (χ3v) is 4.15. The molecule has 128 valence electrons. The van der Waals surface area contributed by atoms with Crippen LogP contribution in [0.5, 0.6) is 0 Å². The summed E-state index contributed by atoms with van der Waals surface area (Å²) in [6.45, 7) is 6.36. The molecule has 0 bridgehead atoms. The van der Waals surface area contributed by atoms with E-state index in [4.69, 9.17) is 4.74 Å². The van der Waals surface area contributed by atoms with Crippen molar-refractivity contribution in [1.29, 1.82) is 0 Å². The molecule has 0 aliphatic carbocycles. The highest BCUT2D eigenvalue weighted by Crippen LogP contribution is 2.16. The largest absolute Gasteiger partial charge is 0.379 e.